The normalized spacial score (nSPS) is 22.6. The van der Waals surface area contributed by atoms with Crippen LogP contribution in [0.25, 0.3) is 0 Å². The number of carboxylic acid groups (broad SMARTS) is 1. The van der Waals surface area contributed by atoms with Crippen molar-refractivity contribution in [3.63, 3.8) is 0 Å². The van der Waals surface area contributed by atoms with Crippen molar-refractivity contribution >= 4 is 23.6 Å². The number of amides is 1. The molecule has 1 fully saturated rings. The second kappa shape index (κ2) is 7.13. The molecule has 1 amide bonds. The highest BCUT2D eigenvalue weighted by molar-refractivity contribution is 7.99. The number of halogens is 1. The molecule has 0 saturated carbocycles. The third-order valence-corrected chi connectivity index (χ3v) is 5.36. The van der Waals surface area contributed by atoms with E-state index in [0.717, 1.165) is 4.90 Å². The highest BCUT2D eigenvalue weighted by Gasteiger charge is 2.39. The lowest BCUT2D eigenvalue weighted by Crippen LogP contribution is -2.41. The van der Waals surface area contributed by atoms with E-state index in [1.165, 1.54) is 23.9 Å². The summed E-state index contributed by atoms with van der Waals surface area (Å²) >= 11 is 1.50. The van der Waals surface area contributed by atoms with Crippen molar-refractivity contribution in [3.05, 3.63) is 30.1 Å². The van der Waals surface area contributed by atoms with Gasteiger partial charge in [0.1, 0.15) is 5.82 Å². The Bertz CT molecular complexity index is 549. The number of nitrogens with zero attached hydrogens (tertiary/aromatic N) is 1. The summed E-state index contributed by atoms with van der Waals surface area (Å²) in [5.74, 6) is -1.21. The number of aliphatic carboxylic acids is 1. The number of rotatable bonds is 5. The number of hydrogen-bond acceptors (Lipinski definition) is 3. The topological polar surface area (TPSA) is 57.6 Å². The summed E-state index contributed by atoms with van der Waals surface area (Å²) in [5.41, 5.74) is 0. The first-order valence-electron chi connectivity index (χ1n) is 7.31. The minimum atomic E-state index is -0.837. The van der Waals surface area contributed by atoms with Gasteiger partial charge < -0.3 is 10.0 Å². The van der Waals surface area contributed by atoms with E-state index in [1.54, 1.807) is 24.0 Å². The minimum Gasteiger partial charge on any atom is -0.481 e. The maximum absolute atomic E-state index is 12.8. The molecule has 0 spiro atoms. The first-order valence-corrected chi connectivity index (χ1v) is 8.30. The average Bonchev–Trinajstić information content (AvgIpc) is 2.87. The van der Waals surface area contributed by atoms with Gasteiger partial charge in [0.15, 0.2) is 0 Å². The number of thioether (sulfide) groups is 1. The van der Waals surface area contributed by atoms with Crippen LogP contribution in [0.3, 0.4) is 0 Å². The molecule has 3 unspecified atom stereocenters. The van der Waals surface area contributed by atoms with Crippen LogP contribution in [0.5, 0.6) is 0 Å². The molecule has 120 valence electrons. The lowest BCUT2D eigenvalue weighted by molar-refractivity contribution is -0.143. The van der Waals surface area contributed by atoms with Gasteiger partial charge in [0.05, 0.1) is 5.92 Å². The molecule has 22 heavy (non-hydrogen) atoms. The molecule has 0 radical (unpaired) electrons. The molecule has 3 atom stereocenters. The van der Waals surface area contributed by atoms with Gasteiger partial charge in [-0.05, 0) is 37.6 Å². The van der Waals surface area contributed by atoms with E-state index in [2.05, 4.69) is 0 Å². The van der Waals surface area contributed by atoms with Crippen molar-refractivity contribution < 1.29 is 19.1 Å². The highest BCUT2D eigenvalue weighted by Crippen LogP contribution is 2.28. The van der Waals surface area contributed by atoms with Crippen molar-refractivity contribution in [2.75, 3.05) is 12.3 Å². The van der Waals surface area contributed by atoms with Gasteiger partial charge in [-0.15, -0.1) is 11.8 Å². The Balaban J connectivity index is 1.89. The smallest absolute Gasteiger partial charge is 0.308 e. The molecule has 0 aliphatic carbocycles. The zero-order valence-electron chi connectivity index (χ0n) is 12.7. The van der Waals surface area contributed by atoms with E-state index in [0.29, 0.717) is 18.7 Å². The van der Waals surface area contributed by atoms with Gasteiger partial charge in [-0.1, -0.05) is 6.92 Å². The van der Waals surface area contributed by atoms with Gasteiger partial charge in [-0.3, -0.25) is 9.59 Å². The fraction of sp³-hybridized carbons (Fsp3) is 0.500. The monoisotopic (exact) mass is 325 g/mol. The number of carboxylic acids is 1. The fourth-order valence-electron chi connectivity index (χ4n) is 2.69. The summed E-state index contributed by atoms with van der Waals surface area (Å²) < 4.78 is 12.8. The summed E-state index contributed by atoms with van der Waals surface area (Å²) in [6, 6.07) is 5.92. The van der Waals surface area contributed by atoms with Gasteiger partial charge in [0.2, 0.25) is 5.91 Å². The molecule has 1 aliphatic heterocycles. The highest BCUT2D eigenvalue weighted by atomic mass is 32.2. The Morgan fingerprint density at radius 1 is 1.41 bits per heavy atom. The van der Waals surface area contributed by atoms with Crippen molar-refractivity contribution in [3.8, 4) is 0 Å². The van der Waals surface area contributed by atoms with Crippen molar-refractivity contribution in [1.82, 2.24) is 4.90 Å². The largest absolute Gasteiger partial charge is 0.481 e. The molecule has 1 aromatic carbocycles. The molecule has 4 nitrogen and oxygen atoms in total. The maximum Gasteiger partial charge on any atom is 0.308 e. The summed E-state index contributed by atoms with van der Waals surface area (Å²) in [7, 11) is 0. The van der Waals surface area contributed by atoms with Crippen LogP contribution in [-0.2, 0) is 9.59 Å². The Kier molecular flexibility index (Phi) is 5.45. The van der Waals surface area contributed by atoms with Crippen LogP contribution in [0, 0.1) is 17.7 Å². The number of carbonyl (C=O) groups is 2. The second-order valence-electron chi connectivity index (χ2n) is 5.67. The SMILES string of the molecule is CC(CSc1ccc(F)cc1)C(=O)N1CCC(C(=O)O)C1C. The Labute approximate surface area is 133 Å². The van der Waals surface area contributed by atoms with Crippen molar-refractivity contribution in [1.29, 1.82) is 0 Å². The summed E-state index contributed by atoms with van der Waals surface area (Å²) in [6.07, 6.45) is 0.514. The molecule has 1 saturated heterocycles. The number of hydrogen-bond donors (Lipinski definition) is 1. The second-order valence-corrected chi connectivity index (χ2v) is 6.77. The third kappa shape index (κ3) is 3.80. The van der Waals surface area contributed by atoms with E-state index < -0.39 is 11.9 Å². The summed E-state index contributed by atoms with van der Waals surface area (Å²) in [4.78, 5) is 26.2. The van der Waals surface area contributed by atoms with Gasteiger partial charge >= 0.3 is 5.97 Å². The Morgan fingerprint density at radius 3 is 2.59 bits per heavy atom. The van der Waals surface area contributed by atoms with Gasteiger partial charge in [0, 0.05) is 29.2 Å². The molecule has 0 aromatic heterocycles. The summed E-state index contributed by atoms with van der Waals surface area (Å²) in [5, 5.41) is 9.12. The predicted octanol–water partition coefficient (Wildman–Crippen LogP) is 2.88. The zero-order chi connectivity index (χ0) is 16.3. The predicted molar refractivity (Wildman–Crippen MR) is 83.2 cm³/mol. The van der Waals surface area contributed by atoms with Crippen LogP contribution >= 0.6 is 11.8 Å². The van der Waals surface area contributed by atoms with Crippen LogP contribution in [0.4, 0.5) is 4.39 Å². The van der Waals surface area contributed by atoms with E-state index in [1.807, 2.05) is 6.92 Å². The van der Waals surface area contributed by atoms with E-state index >= 15 is 0 Å². The quantitative estimate of drug-likeness (QED) is 0.846. The molecular weight excluding hydrogens is 305 g/mol. The average molecular weight is 325 g/mol. The van der Waals surface area contributed by atoms with Gasteiger partial charge in [-0.25, -0.2) is 4.39 Å². The molecule has 1 aromatic rings. The van der Waals surface area contributed by atoms with Crippen LogP contribution in [-0.4, -0.2) is 40.2 Å². The maximum atomic E-state index is 12.8. The van der Waals surface area contributed by atoms with Crippen molar-refractivity contribution in [2.45, 2.75) is 31.2 Å². The fourth-order valence-corrected chi connectivity index (χ4v) is 3.60. The number of benzene rings is 1. The van der Waals surface area contributed by atoms with Crippen molar-refractivity contribution in [2.24, 2.45) is 11.8 Å². The minimum absolute atomic E-state index is 0.00846. The van der Waals surface area contributed by atoms with Gasteiger partial charge in [0.25, 0.3) is 0 Å². The molecule has 2 rings (SSSR count). The third-order valence-electron chi connectivity index (χ3n) is 4.09. The zero-order valence-corrected chi connectivity index (χ0v) is 13.5. The molecule has 1 aliphatic rings. The van der Waals surface area contributed by atoms with Crippen LogP contribution in [0.1, 0.15) is 20.3 Å². The number of likely N-dealkylation sites (tertiary alicyclic amines) is 1. The number of carbonyl (C=O) groups excluding carboxylic acids is 1. The van der Waals surface area contributed by atoms with Crippen LogP contribution in [0.15, 0.2) is 29.2 Å². The van der Waals surface area contributed by atoms with Crippen LogP contribution < -0.4 is 0 Å². The molecular formula is C16H20FNO3S. The van der Waals surface area contributed by atoms with Crippen LogP contribution in [0.2, 0.25) is 0 Å². The lowest BCUT2D eigenvalue weighted by Gasteiger charge is -2.26. The Hall–Kier alpha value is -1.56. The molecule has 0 bridgehead atoms. The van der Waals surface area contributed by atoms with Gasteiger partial charge in [-0.2, -0.15) is 0 Å². The van der Waals surface area contributed by atoms with E-state index in [9.17, 15) is 14.0 Å². The first kappa shape index (κ1) is 16.8. The lowest BCUT2D eigenvalue weighted by atomic mass is 10.0. The summed E-state index contributed by atoms with van der Waals surface area (Å²) in [6.45, 7) is 4.14. The molecule has 1 N–H and O–H groups in total. The standard InChI is InChI=1S/C16H20FNO3S/c1-10(9-22-13-5-3-12(17)4-6-13)15(19)18-8-7-14(11(18)2)16(20)21/h3-6,10-11,14H,7-9H2,1-2H3,(H,20,21). The van der Waals surface area contributed by atoms with E-state index in [4.69, 9.17) is 5.11 Å². The molecule has 1 heterocycles. The van der Waals surface area contributed by atoms with E-state index in [-0.39, 0.29) is 23.7 Å². The molecule has 6 heteroatoms. The Morgan fingerprint density at radius 2 is 2.05 bits per heavy atom. The first-order chi connectivity index (χ1) is 10.4.